The molecule has 0 fully saturated rings. The van der Waals surface area contributed by atoms with E-state index in [1.54, 1.807) is 0 Å². The average Bonchev–Trinajstić information content (AvgIpc) is 2.98. The van der Waals surface area contributed by atoms with E-state index in [1.807, 2.05) is 53.9 Å². The molecule has 0 spiro atoms. The predicted octanol–water partition coefficient (Wildman–Crippen LogP) is 5.41. The molecule has 1 aromatic heterocycles. The van der Waals surface area contributed by atoms with Gasteiger partial charge in [0.25, 0.3) is 0 Å². The number of nitrogens with zero attached hydrogens (tertiary/aromatic N) is 1. The van der Waals surface area contributed by atoms with Crippen molar-refractivity contribution >= 4 is 50.5 Å². The highest BCUT2D eigenvalue weighted by Gasteiger charge is 2.11. The molecule has 3 aromatic rings. The van der Waals surface area contributed by atoms with Crippen LogP contribution in [0.2, 0.25) is 5.02 Å². The maximum Gasteiger partial charge on any atom is 0.230 e. The Morgan fingerprint density at radius 2 is 1.91 bits per heavy atom. The fraction of sp³-hybridized carbons (Fsp3) is 0.0588. The molecule has 0 radical (unpaired) electrons. The van der Waals surface area contributed by atoms with Gasteiger partial charge in [-0.15, -0.1) is 11.3 Å². The Morgan fingerprint density at radius 1 is 1.17 bits per heavy atom. The maximum absolute atomic E-state index is 12.2. The molecule has 0 aliphatic carbocycles. The Labute approximate surface area is 151 Å². The molecule has 1 heterocycles. The summed E-state index contributed by atoms with van der Waals surface area (Å²) in [6.45, 7) is 0. The lowest BCUT2D eigenvalue weighted by atomic mass is 10.2. The molecule has 3 nitrogen and oxygen atoms in total. The van der Waals surface area contributed by atoms with E-state index in [0.29, 0.717) is 5.02 Å². The van der Waals surface area contributed by atoms with Crippen molar-refractivity contribution < 1.29 is 4.79 Å². The molecular weight excluding hydrogens is 396 g/mol. The zero-order valence-corrected chi connectivity index (χ0v) is 15.1. The SMILES string of the molecule is O=C(Cc1csc(-c2ccccc2Cl)n1)Nc1ccccc1Br. The fourth-order valence-electron chi connectivity index (χ4n) is 2.07. The van der Waals surface area contributed by atoms with Crippen molar-refractivity contribution in [2.45, 2.75) is 6.42 Å². The van der Waals surface area contributed by atoms with Gasteiger partial charge in [-0.1, -0.05) is 41.9 Å². The number of benzene rings is 2. The number of carbonyl (C=O) groups is 1. The number of para-hydroxylation sites is 1. The van der Waals surface area contributed by atoms with Gasteiger partial charge in [-0.2, -0.15) is 0 Å². The van der Waals surface area contributed by atoms with Crippen LogP contribution in [0.3, 0.4) is 0 Å². The summed E-state index contributed by atoms with van der Waals surface area (Å²) in [4.78, 5) is 16.7. The standard InChI is InChI=1S/C17H12BrClN2OS/c18-13-6-2-4-8-15(13)21-16(22)9-11-10-23-17(20-11)12-5-1-3-7-14(12)19/h1-8,10H,9H2,(H,21,22). The van der Waals surface area contributed by atoms with E-state index in [4.69, 9.17) is 11.6 Å². The molecule has 23 heavy (non-hydrogen) atoms. The van der Waals surface area contributed by atoms with Crippen molar-refractivity contribution in [3.8, 4) is 10.6 Å². The van der Waals surface area contributed by atoms with E-state index in [1.165, 1.54) is 11.3 Å². The number of hydrogen-bond donors (Lipinski definition) is 1. The monoisotopic (exact) mass is 406 g/mol. The van der Waals surface area contributed by atoms with Crippen LogP contribution in [0.15, 0.2) is 58.4 Å². The van der Waals surface area contributed by atoms with Crippen LogP contribution in [0.4, 0.5) is 5.69 Å². The second-order valence-corrected chi connectivity index (χ2v) is 6.95. The summed E-state index contributed by atoms with van der Waals surface area (Å²) in [5, 5.41) is 6.24. The van der Waals surface area contributed by atoms with E-state index >= 15 is 0 Å². The zero-order valence-electron chi connectivity index (χ0n) is 11.9. The van der Waals surface area contributed by atoms with Gasteiger partial charge in [-0.05, 0) is 34.1 Å². The number of anilines is 1. The number of rotatable bonds is 4. The number of nitrogens with one attached hydrogen (secondary N) is 1. The van der Waals surface area contributed by atoms with Crippen molar-refractivity contribution in [3.63, 3.8) is 0 Å². The minimum absolute atomic E-state index is 0.104. The minimum atomic E-state index is -0.104. The number of halogens is 2. The van der Waals surface area contributed by atoms with Gasteiger partial charge in [-0.25, -0.2) is 4.98 Å². The van der Waals surface area contributed by atoms with E-state index in [2.05, 4.69) is 26.2 Å². The van der Waals surface area contributed by atoms with Crippen LogP contribution < -0.4 is 5.32 Å². The number of aromatic nitrogens is 1. The first-order chi connectivity index (χ1) is 11.1. The Balaban J connectivity index is 1.71. The molecule has 1 N–H and O–H groups in total. The highest BCUT2D eigenvalue weighted by Crippen LogP contribution is 2.30. The van der Waals surface area contributed by atoms with Crippen LogP contribution in [0.25, 0.3) is 10.6 Å². The topological polar surface area (TPSA) is 42.0 Å². The number of hydrogen-bond acceptors (Lipinski definition) is 3. The molecular formula is C17H12BrClN2OS. The van der Waals surface area contributed by atoms with Crippen LogP contribution in [-0.2, 0) is 11.2 Å². The Bertz CT molecular complexity index is 850. The lowest BCUT2D eigenvalue weighted by molar-refractivity contribution is -0.115. The van der Waals surface area contributed by atoms with Crippen LogP contribution in [0.5, 0.6) is 0 Å². The summed E-state index contributed by atoms with van der Waals surface area (Å²) in [6, 6.07) is 15.1. The summed E-state index contributed by atoms with van der Waals surface area (Å²) >= 11 is 11.1. The third-order valence-electron chi connectivity index (χ3n) is 3.15. The normalized spacial score (nSPS) is 10.5. The van der Waals surface area contributed by atoms with Crippen molar-refractivity contribution in [3.05, 3.63) is 69.1 Å². The van der Waals surface area contributed by atoms with Gasteiger partial charge in [0.15, 0.2) is 0 Å². The lowest BCUT2D eigenvalue weighted by Gasteiger charge is -2.05. The molecule has 0 aliphatic rings. The van der Waals surface area contributed by atoms with Gasteiger partial charge in [0.2, 0.25) is 5.91 Å². The van der Waals surface area contributed by atoms with E-state index in [9.17, 15) is 4.79 Å². The van der Waals surface area contributed by atoms with Crippen LogP contribution in [0, 0.1) is 0 Å². The molecule has 0 bridgehead atoms. The Kier molecular flexibility index (Phi) is 5.10. The summed E-state index contributed by atoms with van der Waals surface area (Å²) in [6.07, 6.45) is 0.224. The Morgan fingerprint density at radius 3 is 2.70 bits per heavy atom. The molecule has 0 saturated carbocycles. The zero-order chi connectivity index (χ0) is 16.2. The molecule has 0 unspecified atom stereocenters. The third kappa shape index (κ3) is 3.99. The molecule has 0 aliphatic heterocycles. The average molecular weight is 408 g/mol. The molecule has 0 saturated heterocycles. The minimum Gasteiger partial charge on any atom is -0.325 e. The van der Waals surface area contributed by atoms with Gasteiger partial charge in [-0.3, -0.25) is 4.79 Å². The fourth-order valence-corrected chi connectivity index (χ4v) is 3.59. The summed E-state index contributed by atoms with van der Waals surface area (Å²) in [5.41, 5.74) is 2.37. The quantitative estimate of drug-likeness (QED) is 0.628. The van der Waals surface area contributed by atoms with Crippen molar-refractivity contribution in [1.29, 1.82) is 0 Å². The first-order valence-electron chi connectivity index (χ1n) is 6.87. The highest BCUT2D eigenvalue weighted by atomic mass is 79.9. The molecule has 0 atom stereocenters. The number of amides is 1. The molecule has 6 heteroatoms. The van der Waals surface area contributed by atoms with E-state index < -0.39 is 0 Å². The molecule has 3 rings (SSSR count). The van der Waals surface area contributed by atoms with Crippen LogP contribution in [0.1, 0.15) is 5.69 Å². The molecule has 116 valence electrons. The maximum atomic E-state index is 12.2. The largest absolute Gasteiger partial charge is 0.325 e. The van der Waals surface area contributed by atoms with Crippen molar-refractivity contribution in [2.75, 3.05) is 5.32 Å². The lowest BCUT2D eigenvalue weighted by Crippen LogP contribution is -2.14. The second-order valence-electron chi connectivity index (χ2n) is 4.83. The van der Waals surface area contributed by atoms with Gasteiger partial charge in [0.1, 0.15) is 5.01 Å². The van der Waals surface area contributed by atoms with E-state index in [0.717, 1.165) is 26.4 Å². The van der Waals surface area contributed by atoms with Gasteiger partial charge >= 0.3 is 0 Å². The van der Waals surface area contributed by atoms with Crippen LogP contribution >= 0.6 is 38.9 Å². The predicted molar refractivity (Wildman–Crippen MR) is 99.0 cm³/mol. The first kappa shape index (κ1) is 16.2. The van der Waals surface area contributed by atoms with Crippen LogP contribution in [-0.4, -0.2) is 10.9 Å². The number of thiazole rings is 1. The third-order valence-corrected chi connectivity index (χ3v) is 5.09. The van der Waals surface area contributed by atoms with Gasteiger partial charge < -0.3 is 5.32 Å². The summed E-state index contributed by atoms with van der Waals surface area (Å²) < 4.78 is 0.850. The smallest absolute Gasteiger partial charge is 0.230 e. The van der Waals surface area contributed by atoms with Gasteiger partial charge in [0, 0.05) is 15.4 Å². The van der Waals surface area contributed by atoms with Crippen molar-refractivity contribution in [2.24, 2.45) is 0 Å². The Hall–Kier alpha value is -1.69. The van der Waals surface area contributed by atoms with Gasteiger partial charge in [0.05, 0.1) is 22.8 Å². The molecule has 1 amide bonds. The van der Waals surface area contributed by atoms with E-state index in [-0.39, 0.29) is 12.3 Å². The van der Waals surface area contributed by atoms with Crippen molar-refractivity contribution in [1.82, 2.24) is 4.98 Å². The highest BCUT2D eigenvalue weighted by molar-refractivity contribution is 9.10. The number of carbonyl (C=O) groups excluding carboxylic acids is 1. The molecule has 2 aromatic carbocycles. The summed E-state index contributed by atoms with van der Waals surface area (Å²) in [7, 11) is 0. The second kappa shape index (κ2) is 7.25. The summed E-state index contributed by atoms with van der Waals surface area (Å²) in [5.74, 6) is -0.104. The first-order valence-corrected chi connectivity index (χ1v) is 8.92.